The fourth-order valence-corrected chi connectivity index (χ4v) is 2.16. The van der Waals surface area contributed by atoms with Crippen LogP contribution in [0.4, 0.5) is 0 Å². The third-order valence-corrected chi connectivity index (χ3v) is 3.58. The molecule has 0 heterocycles. The zero-order valence-electron chi connectivity index (χ0n) is 10.8. The molecule has 2 radical (unpaired) electrons. The first kappa shape index (κ1) is 16.5. The SMILES string of the molecule is CCCCCC(=O)[O][Ge][O]C(=O)CCCCC. The molecule has 0 aliphatic heterocycles. The van der Waals surface area contributed by atoms with Crippen LogP contribution in [0, 0.1) is 0 Å². The van der Waals surface area contributed by atoms with Crippen LogP contribution in [0.25, 0.3) is 0 Å². The van der Waals surface area contributed by atoms with Crippen LogP contribution in [0.3, 0.4) is 0 Å². The number of unbranched alkanes of at least 4 members (excludes halogenated alkanes) is 4. The first-order chi connectivity index (χ1) is 8.20. The molecule has 0 aromatic heterocycles. The van der Waals surface area contributed by atoms with Gasteiger partial charge in [-0.15, -0.1) is 0 Å². The van der Waals surface area contributed by atoms with Crippen molar-refractivity contribution < 1.29 is 17.1 Å². The van der Waals surface area contributed by atoms with Crippen LogP contribution in [-0.4, -0.2) is 28.0 Å². The van der Waals surface area contributed by atoms with E-state index in [9.17, 15) is 9.59 Å². The summed E-state index contributed by atoms with van der Waals surface area (Å²) in [6, 6.07) is 0. The number of hydrogen-bond acceptors (Lipinski definition) is 4. The van der Waals surface area contributed by atoms with Crippen LogP contribution in [0.5, 0.6) is 0 Å². The molecule has 0 bridgehead atoms. The van der Waals surface area contributed by atoms with E-state index in [0.717, 1.165) is 38.5 Å². The Hall–Kier alpha value is -0.517. The Labute approximate surface area is 111 Å². The molecule has 0 atom stereocenters. The molecule has 4 nitrogen and oxygen atoms in total. The molecule has 0 aromatic carbocycles. The third-order valence-electron chi connectivity index (χ3n) is 2.28. The van der Waals surface area contributed by atoms with Gasteiger partial charge < -0.3 is 0 Å². The molecule has 0 fully saturated rings. The van der Waals surface area contributed by atoms with E-state index < -0.39 is 16.1 Å². The van der Waals surface area contributed by atoms with Gasteiger partial charge in [0.2, 0.25) is 0 Å². The summed E-state index contributed by atoms with van der Waals surface area (Å²) in [6.07, 6.45) is 6.80. The van der Waals surface area contributed by atoms with E-state index in [4.69, 9.17) is 7.53 Å². The summed E-state index contributed by atoms with van der Waals surface area (Å²) >= 11 is -1.33. The van der Waals surface area contributed by atoms with Crippen molar-refractivity contribution in [3.05, 3.63) is 0 Å². The zero-order chi connectivity index (χ0) is 12.9. The first-order valence-corrected chi connectivity index (χ1v) is 8.06. The number of carbonyl (C=O) groups excluding carboxylic acids is 2. The van der Waals surface area contributed by atoms with E-state index >= 15 is 0 Å². The van der Waals surface area contributed by atoms with Crippen molar-refractivity contribution in [2.24, 2.45) is 0 Å². The Bertz CT molecular complexity index is 197. The van der Waals surface area contributed by atoms with Gasteiger partial charge in [0.25, 0.3) is 0 Å². The second-order valence-electron chi connectivity index (χ2n) is 3.95. The summed E-state index contributed by atoms with van der Waals surface area (Å²) < 4.78 is 9.82. The van der Waals surface area contributed by atoms with E-state index in [2.05, 4.69) is 13.8 Å². The maximum absolute atomic E-state index is 11.2. The van der Waals surface area contributed by atoms with Gasteiger partial charge in [-0.1, -0.05) is 0 Å². The molecule has 0 spiro atoms. The Kier molecular flexibility index (Phi) is 11.6. The van der Waals surface area contributed by atoms with Crippen LogP contribution < -0.4 is 0 Å². The van der Waals surface area contributed by atoms with Gasteiger partial charge in [-0.2, -0.15) is 0 Å². The van der Waals surface area contributed by atoms with Crippen LogP contribution in [0.1, 0.15) is 65.2 Å². The second kappa shape index (κ2) is 12.0. The van der Waals surface area contributed by atoms with Gasteiger partial charge in [0.15, 0.2) is 0 Å². The van der Waals surface area contributed by atoms with Crippen molar-refractivity contribution >= 4 is 28.0 Å². The molecule has 17 heavy (non-hydrogen) atoms. The minimum absolute atomic E-state index is 0.236. The van der Waals surface area contributed by atoms with Gasteiger partial charge in [0.1, 0.15) is 0 Å². The van der Waals surface area contributed by atoms with E-state index in [-0.39, 0.29) is 11.9 Å². The van der Waals surface area contributed by atoms with Crippen molar-refractivity contribution in [3.63, 3.8) is 0 Å². The number of carbonyl (C=O) groups is 2. The Balaban J connectivity index is 3.36. The van der Waals surface area contributed by atoms with E-state index in [1.54, 1.807) is 0 Å². The molecule has 0 rings (SSSR count). The molecule has 0 amide bonds. The molecule has 0 unspecified atom stereocenters. The third kappa shape index (κ3) is 11.7. The van der Waals surface area contributed by atoms with Gasteiger partial charge in [-0.3, -0.25) is 0 Å². The normalized spacial score (nSPS) is 10.0. The second-order valence-corrected chi connectivity index (χ2v) is 5.15. The average molecular weight is 303 g/mol. The van der Waals surface area contributed by atoms with Gasteiger partial charge >= 0.3 is 110 Å². The zero-order valence-corrected chi connectivity index (χ0v) is 12.9. The van der Waals surface area contributed by atoms with Crippen LogP contribution in [-0.2, 0) is 17.1 Å². The fourth-order valence-electron chi connectivity index (χ4n) is 1.25. The molecular weight excluding hydrogens is 281 g/mol. The topological polar surface area (TPSA) is 52.6 Å². The fraction of sp³-hybridized carbons (Fsp3) is 0.833. The van der Waals surface area contributed by atoms with Crippen molar-refractivity contribution in [1.82, 2.24) is 0 Å². The Morgan fingerprint density at radius 3 is 1.59 bits per heavy atom. The monoisotopic (exact) mass is 304 g/mol. The predicted octanol–water partition coefficient (Wildman–Crippen LogP) is 2.77. The molecule has 0 aromatic rings. The van der Waals surface area contributed by atoms with E-state index in [0.29, 0.717) is 12.8 Å². The summed E-state index contributed by atoms with van der Waals surface area (Å²) in [5, 5.41) is 0. The van der Waals surface area contributed by atoms with Crippen molar-refractivity contribution in [2.45, 2.75) is 65.2 Å². The molecule has 5 heteroatoms. The molecule has 0 saturated heterocycles. The Morgan fingerprint density at radius 1 is 0.824 bits per heavy atom. The van der Waals surface area contributed by atoms with Gasteiger partial charge in [0.05, 0.1) is 0 Å². The summed E-state index contributed by atoms with van der Waals surface area (Å²) in [4.78, 5) is 22.4. The molecule has 0 aliphatic rings. The molecule has 0 saturated carbocycles. The molecule has 0 aliphatic carbocycles. The van der Waals surface area contributed by atoms with E-state index in [1.165, 1.54) is 0 Å². The molecular formula is C12H22GeO4. The molecule has 0 N–H and O–H groups in total. The number of hydrogen-bond donors (Lipinski definition) is 0. The Morgan fingerprint density at radius 2 is 1.24 bits per heavy atom. The van der Waals surface area contributed by atoms with Gasteiger partial charge in [0, 0.05) is 0 Å². The average Bonchev–Trinajstić information content (AvgIpc) is 2.30. The summed E-state index contributed by atoms with van der Waals surface area (Å²) in [6.45, 7) is 4.16. The van der Waals surface area contributed by atoms with Crippen LogP contribution in [0.2, 0.25) is 0 Å². The van der Waals surface area contributed by atoms with Crippen LogP contribution in [0.15, 0.2) is 0 Å². The number of rotatable bonds is 10. The van der Waals surface area contributed by atoms with Gasteiger partial charge in [-0.05, 0) is 0 Å². The van der Waals surface area contributed by atoms with Crippen LogP contribution >= 0.6 is 0 Å². The summed E-state index contributed by atoms with van der Waals surface area (Å²) in [5.41, 5.74) is 0. The molecule has 98 valence electrons. The van der Waals surface area contributed by atoms with E-state index in [1.807, 2.05) is 0 Å². The predicted molar refractivity (Wildman–Crippen MR) is 66.2 cm³/mol. The standard InChI is InChI=1S/C12H22GeO4/c1-3-5-7-9-11(14)16-13-17-12(15)10-8-6-4-2/h3-10H2,1-2H3. The maximum atomic E-state index is 11.2. The minimum atomic E-state index is -1.33. The summed E-state index contributed by atoms with van der Waals surface area (Å²) in [7, 11) is 0. The quantitative estimate of drug-likeness (QED) is 0.460. The van der Waals surface area contributed by atoms with Crippen molar-refractivity contribution in [2.75, 3.05) is 0 Å². The van der Waals surface area contributed by atoms with Crippen molar-refractivity contribution in [3.8, 4) is 0 Å². The first-order valence-electron chi connectivity index (χ1n) is 6.35. The summed E-state index contributed by atoms with van der Waals surface area (Å²) in [5.74, 6) is -0.473. The van der Waals surface area contributed by atoms with Crippen molar-refractivity contribution in [1.29, 1.82) is 0 Å². The van der Waals surface area contributed by atoms with Gasteiger partial charge in [-0.25, -0.2) is 0 Å².